The van der Waals surface area contributed by atoms with Gasteiger partial charge in [0.05, 0.1) is 12.2 Å². The van der Waals surface area contributed by atoms with E-state index in [1.165, 1.54) is 11.6 Å². The molecule has 0 fully saturated rings. The van der Waals surface area contributed by atoms with Crippen LogP contribution in [0.2, 0.25) is 0 Å². The number of carbonyl (C=O) groups excluding carboxylic acids is 1. The fourth-order valence-corrected chi connectivity index (χ4v) is 3.11. The van der Waals surface area contributed by atoms with Gasteiger partial charge >= 0.3 is 6.03 Å². The average molecular weight is 397 g/mol. The number of carbonyl (C=O) groups is 1. The number of rotatable bonds is 8. The summed E-state index contributed by atoms with van der Waals surface area (Å²) in [6.45, 7) is 3.70. The molecular weight excluding hydrogens is 372 g/mol. The average Bonchev–Trinajstić information content (AvgIpc) is 3.14. The quantitative estimate of drug-likeness (QED) is 0.524. The number of amides is 2. The molecule has 0 saturated heterocycles. The van der Waals surface area contributed by atoms with E-state index in [0.29, 0.717) is 19.6 Å². The molecule has 0 saturated carbocycles. The van der Waals surface area contributed by atoms with Crippen molar-refractivity contribution in [1.82, 2.24) is 9.47 Å². The Labute approximate surface area is 169 Å². The fourth-order valence-electron chi connectivity index (χ4n) is 3.11. The highest BCUT2D eigenvalue weighted by molar-refractivity contribution is 5.89. The first-order valence-electron chi connectivity index (χ1n) is 9.75. The van der Waals surface area contributed by atoms with Crippen molar-refractivity contribution >= 4 is 11.7 Å². The number of unbranched alkanes of at least 4 members (excludes halogenated alkanes) is 1. The smallest absolute Gasteiger partial charge is 0.322 e. The largest absolute Gasteiger partial charge is 0.345 e. The van der Waals surface area contributed by atoms with Crippen LogP contribution in [0.5, 0.6) is 0 Å². The first kappa shape index (κ1) is 20.6. The van der Waals surface area contributed by atoms with Gasteiger partial charge in [0.2, 0.25) is 0 Å². The van der Waals surface area contributed by atoms with Crippen LogP contribution in [0.1, 0.15) is 31.0 Å². The zero-order valence-corrected chi connectivity index (χ0v) is 16.4. The molecule has 0 atom stereocenters. The van der Waals surface area contributed by atoms with Crippen molar-refractivity contribution < 1.29 is 13.6 Å². The first-order chi connectivity index (χ1) is 14.1. The highest BCUT2D eigenvalue weighted by Gasteiger charge is 2.17. The third-order valence-corrected chi connectivity index (χ3v) is 4.71. The summed E-state index contributed by atoms with van der Waals surface area (Å²) in [6.07, 6.45) is 3.75. The van der Waals surface area contributed by atoms with Crippen LogP contribution in [0.3, 0.4) is 0 Å². The van der Waals surface area contributed by atoms with Gasteiger partial charge < -0.3 is 14.8 Å². The van der Waals surface area contributed by atoms with Crippen molar-refractivity contribution in [3.8, 4) is 0 Å². The maximum Gasteiger partial charge on any atom is 0.322 e. The molecular formula is C23H25F2N3O. The highest BCUT2D eigenvalue weighted by Crippen LogP contribution is 2.17. The standard InChI is InChI=1S/C23H25F2N3O/c1-2-3-13-28(23(29)26-22-12-11-19(24)15-21(22)25)17-20-10-7-14-27(20)16-18-8-5-4-6-9-18/h4-12,14-15H,2-3,13,16-17H2,1H3,(H,26,29). The zero-order chi connectivity index (χ0) is 20.6. The van der Waals surface area contributed by atoms with Crippen LogP contribution in [-0.2, 0) is 13.1 Å². The van der Waals surface area contributed by atoms with Crippen LogP contribution in [0.4, 0.5) is 19.3 Å². The topological polar surface area (TPSA) is 37.3 Å². The van der Waals surface area contributed by atoms with Gasteiger partial charge in [0.1, 0.15) is 11.6 Å². The number of halogens is 2. The molecule has 4 nitrogen and oxygen atoms in total. The van der Waals surface area contributed by atoms with E-state index in [-0.39, 0.29) is 5.69 Å². The molecule has 0 unspecified atom stereocenters. The maximum absolute atomic E-state index is 13.9. The molecule has 3 rings (SSSR count). The van der Waals surface area contributed by atoms with Gasteiger partial charge in [0.25, 0.3) is 0 Å². The summed E-state index contributed by atoms with van der Waals surface area (Å²) in [4.78, 5) is 14.5. The number of urea groups is 1. The Hall–Kier alpha value is -3.15. The number of hydrogen-bond donors (Lipinski definition) is 1. The lowest BCUT2D eigenvalue weighted by molar-refractivity contribution is 0.206. The van der Waals surface area contributed by atoms with Gasteiger partial charge in [-0.2, -0.15) is 0 Å². The SMILES string of the molecule is CCCCN(Cc1cccn1Cc1ccccc1)C(=O)Nc1ccc(F)cc1F. The van der Waals surface area contributed by atoms with Gasteiger partial charge in [-0.05, 0) is 36.2 Å². The highest BCUT2D eigenvalue weighted by atomic mass is 19.1. The lowest BCUT2D eigenvalue weighted by Gasteiger charge is -2.24. The molecule has 1 heterocycles. The summed E-state index contributed by atoms with van der Waals surface area (Å²) < 4.78 is 29.1. The van der Waals surface area contributed by atoms with E-state index in [1.807, 2.05) is 43.5 Å². The Balaban J connectivity index is 1.74. The van der Waals surface area contributed by atoms with Gasteiger partial charge in [-0.15, -0.1) is 0 Å². The molecule has 0 aliphatic heterocycles. The van der Waals surface area contributed by atoms with Crippen molar-refractivity contribution in [1.29, 1.82) is 0 Å². The molecule has 0 aliphatic rings. The summed E-state index contributed by atoms with van der Waals surface area (Å²) in [5, 5.41) is 2.56. The molecule has 152 valence electrons. The van der Waals surface area contributed by atoms with E-state index in [9.17, 15) is 13.6 Å². The number of nitrogens with zero attached hydrogens (tertiary/aromatic N) is 2. The van der Waals surface area contributed by atoms with E-state index < -0.39 is 17.7 Å². The molecule has 0 radical (unpaired) electrons. The Morgan fingerprint density at radius 2 is 1.86 bits per heavy atom. The first-order valence-corrected chi connectivity index (χ1v) is 9.75. The minimum atomic E-state index is -0.791. The second-order valence-electron chi connectivity index (χ2n) is 6.94. The molecule has 1 aromatic heterocycles. The third-order valence-electron chi connectivity index (χ3n) is 4.71. The molecule has 0 aliphatic carbocycles. The van der Waals surface area contributed by atoms with Gasteiger partial charge in [-0.3, -0.25) is 0 Å². The van der Waals surface area contributed by atoms with E-state index in [1.54, 1.807) is 4.90 Å². The third kappa shape index (κ3) is 5.67. The number of aromatic nitrogens is 1. The summed E-state index contributed by atoms with van der Waals surface area (Å²) in [5.74, 6) is -1.47. The van der Waals surface area contributed by atoms with E-state index in [0.717, 1.165) is 30.7 Å². The van der Waals surface area contributed by atoms with Crippen molar-refractivity contribution in [2.24, 2.45) is 0 Å². The number of anilines is 1. The molecule has 0 spiro atoms. The van der Waals surface area contributed by atoms with E-state index in [4.69, 9.17) is 0 Å². The Morgan fingerprint density at radius 3 is 2.59 bits per heavy atom. The van der Waals surface area contributed by atoms with Gasteiger partial charge in [-0.1, -0.05) is 43.7 Å². The minimum Gasteiger partial charge on any atom is -0.345 e. The Kier molecular flexibility index (Phi) is 7.00. The predicted octanol–water partition coefficient (Wildman–Crippen LogP) is 5.65. The molecule has 0 bridgehead atoms. The van der Waals surface area contributed by atoms with Crippen molar-refractivity contribution in [3.63, 3.8) is 0 Å². The second kappa shape index (κ2) is 9.87. The normalized spacial score (nSPS) is 10.7. The van der Waals surface area contributed by atoms with Crippen LogP contribution in [-0.4, -0.2) is 22.0 Å². The minimum absolute atomic E-state index is 0.0300. The van der Waals surface area contributed by atoms with Crippen LogP contribution < -0.4 is 5.32 Å². The number of nitrogens with one attached hydrogen (secondary N) is 1. The predicted molar refractivity (Wildman–Crippen MR) is 111 cm³/mol. The molecule has 6 heteroatoms. The number of benzene rings is 2. The van der Waals surface area contributed by atoms with E-state index >= 15 is 0 Å². The van der Waals surface area contributed by atoms with Gasteiger partial charge in [0.15, 0.2) is 0 Å². The lowest BCUT2D eigenvalue weighted by atomic mass is 10.2. The van der Waals surface area contributed by atoms with Crippen LogP contribution >= 0.6 is 0 Å². The summed E-state index contributed by atoms with van der Waals surface area (Å²) in [5.41, 5.74) is 2.13. The van der Waals surface area contributed by atoms with Gasteiger partial charge in [-0.25, -0.2) is 13.6 Å². The Bertz CT molecular complexity index is 940. The van der Waals surface area contributed by atoms with Crippen LogP contribution in [0.25, 0.3) is 0 Å². The van der Waals surface area contributed by atoms with Crippen molar-refractivity contribution in [3.05, 3.63) is 89.8 Å². The maximum atomic E-state index is 13.9. The lowest BCUT2D eigenvalue weighted by Crippen LogP contribution is -2.36. The molecule has 3 aromatic rings. The Morgan fingerprint density at radius 1 is 1.07 bits per heavy atom. The molecule has 29 heavy (non-hydrogen) atoms. The zero-order valence-electron chi connectivity index (χ0n) is 16.4. The molecule has 2 aromatic carbocycles. The van der Waals surface area contributed by atoms with E-state index in [2.05, 4.69) is 22.0 Å². The summed E-state index contributed by atoms with van der Waals surface area (Å²) in [6, 6.07) is 16.7. The van der Waals surface area contributed by atoms with Crippen molar-refractivity contribution in [2.45, 2.75) is 32.9 Å². The summed E-state index contributed by atoms with van der Waals surface area (Å²) in [7, 11) is 0. The van der Waals surface area contributed by atoms with Gasteiger partial charge in [0, 0.05) is 31.0 Å². The summed E-state index contributed by atoms with van der Waals surface area (Å²) >= 11 is 0. The van der Waals surface area contributed by atoms with Crippen molar-refractivity contribution in [2.75, 3.05) is 11.9 Å². The monoisotopic (exact) mass is 397 g/mol. The molecule has 1 N–H and O–H groups in total. The second-order valence-corrected chi connectivity index (χ2v) is 6.94. The molecule has 2 amide bonds. The number of hydrogen-bond acceptors (Lipinski definition) is 1. The fraction of sp³-hybridized carbons (Fsp3) is 0.261. The van der Waals surface area contributed by atoms with Crippen LogP contribution in [0.15, 0.2) is 66.9 Å². The van der Waals surface area contributed by atoms with Crippen LogP contribution in [0, 0.1) is 11.6 Å².